The number of rotatable bonds is 4. The monoisotopic (exact) mass is 387 g/mol. The maximum Gasteiger partial charge on any atom is 0.252 e. The number of pyridine rings is 1. The summed E-state index contributed by atoms with van der Waals surface area (Å²) in [6.45, 7) is 6.60. The Labute approximate surface area is 172 Å². The van der Waals surface area contributed by atoms with Gasteiger partial charge in [-0.3, -0.25) is 4.79 Å². The van der Waals surface area contributed by atoms with Crippen LogP contribution in [-0.4, -0.2) is 16.9 Å². The van der Waals surface area contributed by atoms with Crippen LogP contribution in [0.1, 0.15) is 49.0 Å². The first kappa shape index (κ1) is 19.4. The Morgan fingerprint density at radius 1 is 1.03 bits per heavy atom. The molecule has 4 nitrogen and oxygen atoms in total. The summed E-state index contributed by atoms with van der Waals surface area (Å²) in [6, 6.07) is 18.0. The second-order valence-electron chi connectivity index (χ2n) is 8.36. The Balaban J connectivity index is 1.67. The van der Waals surface area contributed by atoms with Crippen molar-refractivity contribution in [2.45, 2.75) is 46.1 Å². The summed E-state index contributed by atoms with van der Waals surface area (Å²) in [5.41, 5.74) is 3.63. The van der Waals surface area contributed by atoms with Crippen molar-refractivity contribution in [3.05, 3.63) is 65.7 Å². The number of hydrogen-bond acceptors (Lipinski definition) is 3. The molecule has 3 unspecified atom stereocenters. The zero-order valence-corrected chi connectivity index (χ0v) is 17.4. The van der Waals surface area contributed by atoms with Crippen LogP contribution in [0.5, 0.6) is 0 Å². The molecule has 3 atom stereocenters. The van der Waals surface area contributed by atoms with Gasteiger partial charge in [-0.2, -0.15) is 0 Å². The highest BCUT2D eigenvalue weighted by Gasteiger charge is 2.29. The van der Waals surface area contributed by atoms with Crippen LogP contribution in [0.4, 0.5) is 11.5 Å². The first-order chi connectivity index (χ1) is 14.0. The highest BCUT2D eigenvalue weighted by Crippen LogP contribution is 2.30. The molecule has 4 rings (SSSR count). The third kappa shape index (κ3) is 4.12. The van der Waals surface area contributed by atoms with E-state index in [0.717, 1.165) is 28.6 Å². The molecule has 150 valence electrons. The predicted octanol–water partition coefficient (Wildman–Crippen LogP) is 5.84. The van der Waals surface area contributed by atoms with Crippen LogP contribution < -0.4 is 10.6 Å². The average Bonchev–Trinajstić information content (AvgIpc) is 2.72. The third-order valence-corrected chi connectivity index (χ3v) is 6.39. The van der Waals surface area contributed by atoms with E-state index >= 15 is 0 Å². The maximum atomic E-state index is 13.3. The molecule has 29 heavy (non-hydrogen) atoms. The average molecular weight is 388 g/mol. The van der Waals surface area contributed by atoms with Crippen LogP contribution in [0.2, 0.25) is 0 Å². The van der Waals surface area contributed by atoms with Gasteiger partial charge >= 0.3 is 0 Å². The smallest absolute Gasteiger partial charge is 0.252 e. The van der Waals surface area contributed by atoms with Gasteiger partial charge in [0.25, 0.3) is 5.91 Å². The Morgan fingerprint density at radius 2 is 1.79 bits per heavy atom. The van der Waals surface area contributed by atoms with Crippen molar-refractivity contribution in [3.8, 4) is 0 Å². The van der Waals surface area contributed by atoms with Gasteiger partial charge in [-0.15, -0.1) is 0 Å². The van der Waals surface area contributed by atoms with Crippen LogP contribution in [0.15, 0.2) is 54.6 Å². The Morgan fingerprint density at radius 3 is 2.62 bits per heavy atom. The van der Waals surface area contributed by atoms with Gasteiger partial charge in [0.15, 0.2) is 0 Å². The van der Waals surface area contributed by atoms with Crippen molar-refractivity contribution in [1.29, 1.82) is 0 Å². The molecular weight excluding hydrogens is 358 g/mol. The summed E-state index contributed by atoms with van der Waals surface area (Å²) in [6.07, 6.45) is 3.47. The second kappa shape index (κ2) is 8.24. The molecule has 1 heterocycles. The minimum atomic E-state index is -0.0117. The largest absolute Gasteiger partial charge is 0.349 e. The summed E-state index contributed by atoms with van der Waals surface area (Å²) >= 11 is 0. The molecule has 3 aromatic rings. The summed E-state index contributed by atoms with van der Waals surface area (Å²) in [5.74, 6) is 1.81. The van der Waals surface area contributed by atoms with Crippen molar-refractivity contribution in [3.63, 3.8) is 0 Å². The number of carbonyl (C=O) groups is 1. The fraction of sp³-hybridized carbons (Fsp3) is 0.360. The molecular formula is C25H29N3O. The van der Waals surface area contributed by atoms with E-state index in [1.807, 2.05) is 48.5 Å². The van der Waals surface area contributed by atoms with Crippen molar-refractivity contribution in [2.75, 3.05) is 5.32 Å². The van der Waals surface area contributed by atoms with E-state index in [4.69, 9.17) is 4.98 Å². The molecule has 1 saturated carbocycles. The lowest BCUT2D eigenvalue weighted by Crippen LogP contribution is -2.43. The number of aromatic nitrogens is 1. The molecule has 4 heteroatoms. The van der Waals surface area contributed by atoms with E-state index in [0.29, 0.717) is 23.2 Å². The summed E-state index contributed by atoms with van der Waals surface area (Å²) in [4.78, 5) is 18.0. The number of hydrogen-bond donors (Lipinski definition) is 2. The van der Waals surface area contributed by atoms with Crippen LogP contribution in [-0.2, 0) is 0 Å². The molecule has 2 N–H and O–H groups in total. The summed E-state index contributed by atoms with van der Waals surface area (Å²) < 4.78 is 0. The summed E-state index contributed by atoms with van der Waals surface area (Å²) in [5, 5.41) is 7.59. The van der Waals surface area contributed by atoms with E-state index in [2.05, 4.69) is 37.5 Å². The first-order valence-corrected chi connectivity index (χ1v) is 10.6. The minimum Gasteiger partial charge on any atom is -0.349 e. The van der Waals surface area contributed by atoms with Crippen molar-refractivity contribution < 1.29 is 4.79 Å². The van der Waals surface area contributed by atoms with Gasteiger partial charge in [-0.05, 0) is 48.9 Å². The number of aryl methyl sites for hydroxylation is 1. The van der Waals surface area contributed by atoms with Gasteiger partial charge in [0.1, 0.15) is 5.82 Å². The van der Waals surface area contributed by atoms with Gasteiger partial charge < -0.3 is 10.6 Å². The second-order valence-corrected chi connectivity index (χ2v) is 8.36. The highest BCUT2D eigenvalue weighted by atomic mass is 16.1. The van der Waals surface area contributed by atoms with Crippen LogP contribution in [0.25, 0.3) is 10.9 Å². The van der Waals surface area contributed by atoms with Crippen molar-refractivity contribution in [2.24, 2.45) is 11.8 Å². The predicted molar refractivity (Wildman–Crippen MR) is 120 cm³/mol. The van der Waals surface area contributed by atoms with Gasteiger partial charge in [0.05, 0.1) is 11.1 Å². The van der Waals surface area contributed by atoms with Crippen LogP contribution in [0, 0.1) is 18.8 Å². The molecule has 1 amide bonds. The number of nitrogens with zero attached hydrogens (tertiary/aromatic N) is 1. The van der Waals surface area contributed by atoms with Crippen LogP contribution in [0.3, 0.4) is 0 Å². The number of para-hydroxylation sites is 2. The quantitative estimate of drug-likeness (QED) is 0.591. The normalized spacial score (nSPS) is 21.7. The third-order valence-electron chi connectivity index (χ3n) is 6.39. The molecule has 1 aliphatic carbocycles. The number of fused-ring (bicyclic) bond motifs is 1. The minimum absolute atomic E-state index is 0.0117. The Hall–Kier alpha value is -2.88. The fourth-order valence-corrected chi connectivity index (χ4v) is 4.31. The topological polar surface area (TPSA) is 54.0 Å². The molecule has 0 saturated heterocycles. The van der Waals surface area contributed by atoms with Gasteiger partial charge in [0, 0.05) is 17.1 Å². The number of carbonyl (C=O) groups excluding carboxylic acids is 1. The Bertz CT molecular complexity index is 1030. The molecule has 0 bridgehead atoms. The first-order valence-electron chi connectivity index (χ1n) is 10.6. The molecule has 1 aliphatic rings. The van der Waals surface area contributed by atoms with E-state index in [9.17, 15) is 4.79 Å². The lowest BCUT2D eigenvalue weighted by molar-refractivity contribution is 0.0892. The number of amides is 1. The molecule has 0 spiro atoms. The number of anilines is 2. The molecule has 0 radical (unpaired) electrons. The number of benzene rings is 2. The Kier molecular flexibility index (Phi) is 5.52. The van der Waals surface area contributed by atoms with Gasteiger partial charge in [0.2, 0.25) is 0 Å². The van der Waals surface area contributed by atoms with E-state index in [1.165, 1.54) is 12.8 Å². The fourth-order valence-electron chi connectivity index (χ4n) is 4.31. The molecule has 1 aromatic heterocycles. The van der Waals surface area contributed by atoms with Gasteiger partial charge in [-0.1, -0.05) is 63.1 Å². The molecule has 2 aromatic carbocycles. The van der Waals surface area contributed by atoms with Crippen molar-refractivity contribution >= 4 is 28.3 Å². The zero-order valence-electron chi connectivity index (χ0n) is 17.4. The zero-order chi connectivity index (χ0) is 20.4. The van der Waals surface area contributed by atoms with Gasteiger partial charge in [-0.25, -0.2) is 4.98 Å². The highest BCUT2D eigenvalue weighted by molar-refractivity contribution is 6.07. The van der Waals surface area contributed by atoms with E-state index in [-0.39, 0.29) is 11.9 Å². The van der Waals surface area contributed by atoms with Crippen molar-refractivity contribution in [1.82, 2.24) is 10.3 Å². The molecule has 1 fully saturated rings. The lowest BCUT2D eigenvalue weighted by atomic mass is 9.78. The number of nitrogens with one attached hydrogen (secondary N) is 2. The van der Waals surface area contributed by atoms with Crippen LogP contribution >= 0.6 is 0 Å². The maximum absolute atomic E-state index is 13.3. The summed E-state index contributed by atoms with van der Waals surface area (Å²) in [7, 11) is 0. The van der Waals surface area contributed by atoms with E-state index in [1.54, 1.807) is 0 Å². The van der Waals surface area contributed by atoms with E-state index < -0.39 is 0 Å². The standard InChI is InChI=1S/C25H29N3O/c1-16-10-8-14-22(18(16)3)28-25(29)20-15-24(26-21-12-6-4-9-17(21)2)27-23-13-7-5-11-19(20)23/h4-7,9,11-13,15-16,18,22H,8,10,14H2,1-3H3,(H,26,27)(H,28,29). The molecule has 0 aliphatic heterocycles. The SMILES string of the molecule is Cc1ccccc1Nc1cc(C(=O)NC2CCCC(C)C2C)c2ccccc2n1. The lowest BCUT2D eigenvalue weighted by Gasteiger charge is -2.34.